The maximum atomic E-state index is 12.8. The molecule has 1 heterocycles. The highest BCUT2D eigenvalue weighted by Gasteiger charge is 2.30. The lowest BCUT2D eigenvalue weighted by Crippen LogP contribution is -2.20. The molecule has 28 heavy (non-hydrogen) atoms. The van der Waals surface area contributed by atoms with Crippen LogP contribution < -0.4 is 20.7 Å². The van der Waals surface area contributed by atoms with E-state index in [4.69, 9.17) is 17.0 Å². The molecular weight excluding hydrogens is 391 g/mol. The molecule has 1 aliphatic heterocycles. The smallest absolute Gasteiger partial charge is 0.416 e. The molecule has 0 atom stereocenters. The summed E-state index contributed by atoms with van der Waals surface area (Å²) in [4.78, 5) is 11.7. The summed E-state index contributed by atoms with van der Waals surface area (Å²) in [6, 6.07) is 8.29. The first-order chi connectivity index (χ1) is 13.3. The molecule has 0 bridgehead atoms. The summed E-state index contributed by atoms with van der Waals surface area (Å²) < 4.78 is 43.9. The number of carbonyl (C=O) groups excluding carboxylic acids is 1. The number of anilines is 3. The van der Waals surface area contributed by atoms with Gasteiger partial charge in [0, 0.05) is 23.9 Å². The van der Waals surface area contributed by atoms with Crippen molar-refractivity contribution in [2.24, 2.45) is 0 Å². The number of carbonyl (C=O) groups is 1. The minimum Gasteiger partial charge on any atom is -0.494 e. The number of fused-ring (bicyclic) bond motifs is 1. The fourth-order valence-corrected chi connectivity index (χ4v) is 3.15. The quantitative estimate of drug-likeness (QED) is 0.636. The Hall–Kier alpha value is -2.81. The van der Waals surface area contributed by atoms with Crippen molar-refractivity contribution in [3.63, 3.8) is 0 Å². The zero-order valence-corrected chi connectivity index (χ0v) is 15.8. The van der Waals surface area contributed by atoms with E-state index in [1.54, 1.807) is 6.07 Å². The zero-order chi connectivity index (χ0) is 20.3. The second-order valence-electron chi connectivity index (χ2n) is 6.27. The number of methoxy groups -OCH3 is 1. The summed E-state index contributed by atoms with van der Waals surface area (Å²) in [5.74, 6) is 0.400. The molecule has 1 aliphatic rings. The van der Waals surface area contributed by atoms with Gasteiger partial charge in [-0.05, 0) is 54.9 Å². The summed E-state index contributed by atoms with van der Waals surface area (Å²) in [5, 5.41) is 8.66. The zero-order valence-electron chi connectivity index (χ0n) is 14.9. The summed E-state index contributed by atoms with van der Waals surface area (Å²) in [7, 11) is 1.48. The van der Waals surface area contributed by atoms with Crippen molar-refractivity contribution in [3.05, 3.63) is 47.5 Å². The third-order valence-electron chi connectivity index (χ3n) is 4.25. The van der Waals surface area contributed by atoms with E-state index in [-0.39, 0.29) is 16.7 Å². The topological polar surface area (TPSA) is 62.4 Å². The van der Waals surface area contributed by atoms with Crippen LogP contribution in [-0.2, 0) is 17.4 Å². The minimum atomic E-state index is -4.43. The number of alkyl halides is 3. The highest BCUT2D eigenvalue weighted by molar-refractivity contribution is 7.80. The highest BCUT2D eigenvalue weighted by Crippen LogP contribution is 2.34. The van der Waals surface area contributed by atoms with Gasteiger partial charge >= 0.3 is 6.18 Å². The lowest BCUT2D eigenvalue weighted by Gasteiger charge is -2.17. The molecule has 1 amide bonds. The van der Waals surface area contributed by atoms with Crippen LogP contribution in [0.1, 0.15) is 24.0 Å². The Morgan fingerprint density at radius 3 is 2.68 bits per heavy atom. The van der Waals surface area contributed by atoms with Crippen LogP contribution in [0.5, 0.6) is 5.75 Å². The van der Waals surface area contributed by atoms with Crippen molar-refractivity contribution in [2.45, 2.75) is 25.4 Å². The molecule has 148 valence electrons. The molecule has 2 aromatic carbocycles. The molecule has 0 fully saturated rings. The minimum absolute atomic E-state index is 0.0525. The van der Waals surface area contributed by atoms with Gasteiger partial charge in [-0.15, -0.1) is 0 Å². The SMILES string of the molecule is COc1cc2c(cc1NC(=S)Nc1cccc(C(F)(F)F)c1)CCCC(=O)N2. The van der Waals surface area contributed by atoms with Crippen LogP contribution in [0.25, 0.3) is 0 Å². The number of hydrogen-bond donors (Lipinski definition) is 3. The van der Waals surface area contributed by atoms with Gasteiger partial charge in [0.05, 0.1) is 18.4 Å². The van der Waals surface area contributed by atoms with Gasteiger partial charge in [-0.25, -0.2) is 0 Å². The Kier molecular flexibility index (Phi) is 5.73. The molecule has 2 aromatic rings. The van der Waals surface area contributed by atoms with Gasteiger partial charge in [-0.3, -0.25) is 4.79 Å². The van der Waals surface area contributed by atoms with Gasteiger partial charge in [-0.2, -0.15) is 13.2 Å². The molecule has 0 radical (unpaired) electrons. The summed E-state index contributed by atoms with van der Waals surface area (Å²) in [5.41, 5.74) is 1.62. The van der Waals surface area contributed by atoms with E-state index in [1.807, 2.05) is 6.07 Å². The number of amides is 1. The van der Waals surface area contributed by atoms with Crippen molar-refractivity contribution in [1.29, 1.82) is 0 Å². The van der Waals surface area contributed by atoms with E-state index in [2.05, 4.69) is 16.0 Å². The third-order valence-corrected chi connectivity index (χ3v) is 4.45. The van der Waals surface area contributed by atoms with Crippen LogP contribution in [0.2, 0.25) is 0 Å². The Morgan fingerprint density at radius 1 is 1.18 bits per heavy atom. The predicted octanol–water partition coefficient (Wildman–Crippen LogP) is 4.80. The molecule has 0 unspecified atom stereocenters. The average Bonchev–Trinajstić information content (AvgIpc) is 2.80. The van der Waals surface area contributed by atoms with Crippen molar-refractivity contribution >= 4 is 40.3 Å². The first-order valence-corrected chi connectivity index (χ1v) is 8.93. The molecule has 0 aliphatic carbocycles. The van der Waals surface area contributed by atoms with Gasteiger partial charge < -0.3 is 20.7 Å². The Bertz CT molecular complexity index is 916. The Balaban J connectivity index is 1.79. The monoisotopic (exact) mass is 409 g/mol. The van der Waals surface area contributed by atoms with E-state index in [9.17, 15) is 18.0 Å². The molecule has 0 saturated carbocycles. The molecule has 3 rings (SSSR count). The molecule has 5 nitrogen and oxygen atoms in total. The van der Waals surface area contributed by atoms with E-state index < -0.39 is 11.7 Å². The maximum Gasteiger partial charge on any atom is 0.416 e. The van der Waals surface area contributed by atoms with E-state index in [0.717, 1.165) is 24.1 Å². The van der Waals surface area contributed by atoms with Crippen molar-refractivity contribution in [1.82, 2.24) is 0 Å². The van der Waals surface area contributed by atoms with Gasteiger partial charge in [0.25, 0.3) is 0 Å². The lowest BCUT2D eigenvalue weighted by molar-refractivity contribution is -0.137. The van der Waals surface area contributed by atoms with Crippen molar-refractivity contribution in [3.8, 4) is 5.75 Å². The van der Waals surface area contributed by atoms with Gasteiger partial charge in [0.15, 0.2) is 5.11 Å². The van der Waals surface area contributed by atoms with Crippen molar-refractivity contribution in [2.75, 3.05) is 23.1 Å². The first kappa shape index (κ1) is 19.9. The molecule has 0 aromatic heterocycles. The summed E-state index contributed by atoms with van der Waals surface area (Å²) in [6.07, 6.45) is -2.56. The Morgan fingerprint density at radius 2 is 1.96 bits per heavy atom. The summed E-state index contributed by atoms with van der Waals surface area (Å²) >= 11 is 5.23. The number of rotatable bonds is 3. The van der Waals surface area contributed by atoms with Crippen LogP contribution in [0.3, 0.4) is 0 Å². The number of benzene rings is 2. The van der Waals surface area contributed by atoms with Crippen LogP contribution in [-0.4, -0.2) is 18.1 Å². The van der Waals surface area contributed by atoms with E-state index in [0.29, 0.717) is 30.0 Å². The lowest BCUT2D eigenvalue weighted by atomic mass is 10.1. The number of ether oxygens (including phenoxy) is 1. The largest absolute Gasteiger partial charge is 0.494 e. The maximum absolute atomic E-state index is 12.8. The van der Waals surface area contributed by atoms with Gasteiger partial charge in [-0.1, -0.05) is 6.07 Å². The molecule has 0 spiro atoms. The number of thiocarbonyl (C=S) groups is 1. The highest BCUT2D eigenvalue weighted by atomic mass is 32.1. The Labute approximate surface area is 165 Å². The van der Waals surface area contributed by atoms with Crippen LogP contribution >= 0.6 is 12.2 Å². The number of nitrogens with one attached hydrogen (secondary N) is 3. The van der Waals surface area contributed by atoms with Gasteiger partial charge in [0.1, 0.15) is 5.75 Å². The molecular formula is C19H18F3N3O2S. The standard InChI is InChI=1S/C19H18F3N3O2S/c1-27-16-10-14-11(4-2-7-17(26)24-14)8-15(16)25-18(28)23-13-6-3-5-12(9-13)19(20,21)22/h3,5-6,8-10H,2,4,7H2,1H3,(H,24,26)(H2,23,25,28). The second-order valence-corrected chi connectivity index (χ2v) is 6.68. The number of aryl methyl sites for hydroxylation is 1. The predicted molar refractivity (Wildman–Crippen MR) is 106 cm³/mol. The van der Waals surface area contributed by atoms with Crippen LogP contribution in [0, 0.1) is 0 Å². The fraction of sp³-hybridized carbons (Fsp3) is 0.263. The summed E-state index contributed by atoms with van der Waals surface area (Å²) in [6.45, 7) is 0. The number of halogens is 3. The normalized spacial score (nSPS) is 13.8. The van der Waals surface area contributed by atoms with Crippen LogP contribution in [0.4, 0.5) is 30.2 Å². The van der Waals surface area contributed by atoms with E-state index in [1.165, 1.54) is 19.2 Å². The fourth-order valence-electron chi connectivity index (χ4n) is 2.92. The molecule has 0 saturated heterocycles. The first-order valence-electron chi connectivity index (χ1n) is 8.52. The van der Waals surface area contributed by atoms with E-state index >= 15 is 0 Å². The molecule has 3 N–H and O–H groups in total. The average molecular weight is 409 g/mol. The van der Waals surface area contributed by atoms with Crippen molar-refractivity contribution < 1.29 is 22.7 Å². The second kappa shape index (κ2) is 8.05. The van der Waals surface area contributed by atoms with Gasteiger partial charge in [0.2, 0.25) is 5.91 Å². The molecule has 9 heteroatoms. The van der Waals surface area contributed by atoms with Crippen LogP contribution in [0.15, 0.2) is 36.4 Å². The number of hydrogen-bond acceptors (Lipinski definition) is 3. The third kappa shape index (κ3) is 4.72.